The van der Waals surface area contributed by atoms with E-state index in [4.69, 9.17) is 16.7 Å². The Hall–Kier alpha value is -1.24. The fourth-order valence-corrected chi connectivity index (χ4v) is 5.10. The van der Waals surface area contributed by atoms with Crippen LogP contribution < -0.4 is 0 Å². The molecular formula is C15H15ClO5S. The van der Waals surface area contributed by atoms with Gasteiger partial charge in [0, 0.05) is 27.5 Å². The summed E-state index contributed by atoms with van der Waals surface area (Å²) in [5.41, 5.74) is 0. The van der Waals surface area contributed by atoms with E-state index in [-0.39, 0.29) is 0 Å². The van der Waals surface area contributed by atoms with Crippen molar-refractivity contribution in [2.45, 2.75) is 11.0 Å². The van der Waals surface area contributed by atoms with Gasteiger partial charge in [0.15, 0.2) is 0 Å². The molecule has 1 aromatic carbocycles. The van der Waals surface area contributed by atoms with Gasteiger partial charge in [-0.05, 0) is 24.1 Å². The quantitative estimate of drug-likeness (QED) is 0.709. The summed E-state index contributed by atoms with van der Waals surface area (Å²) in [6.45, 7) is 0. The molecule has 7 heteroatoms. The van der Waals surface area contributed by atoms with Gasteiger partial charge in [-0.25, -0.2) is 0 Å². The molecule has 2 aliphatic carbocycles. The molecular weight excluding hydrogens is 328 g/mol. The lowest BCUT2D eigenvalue weighted by Gasteiger charge is -2.23. The van der Waals surface area contributed by atoms with Gasteiger partial charge >= 0.3 is 11.9 Å². The Morgan fingerprint density at radius 2 is 1.82 bits per heavy atom. The number of rotatable bonds is 5. The van der Waals surface area contributed by atoms with Gasteiger partial charge in [0.05, 0.1) is 17.9 Å². The van der Waals surface area contributed by atoms with E-state index in [1.807, 2.05) is 12.1 Å². The van der Waals surface area contributed by atoms with Crippen LogP contribution >= 0.6 is 23.4 Å². The topological polar surface area (TPSA) is 94.8 Å². The van der Waals surface area contributed by atoms with Gasteiger partial charge in [-0.1, -0.05) is 17.7 Å². The molecule has 2 fully saturated rings. The Bertz CT molecular complexity index is 622. The van der Waals surface area contributed by atoms with E-state index in [9.17, 15) is 19.8 Å². The van der Waals surface area contributed by atoms with Crippen molar-refractivity contribution in [2.75, 3.05) is 5.75 Å². The van der Waals surface area contributed by atoms with Crippen LogP contribution in [0.4, 0.5) is 0 Å². The summed E-state index contributed by atoms with van der Waals surface area (Å²) in [5, 5.41) is 29.4. The highest BCUT2D eigenvalue weighted by atomic mass is 35.5. The largest absolute Gasteiger partial charge is 0.481 e. The van der Waals surface area contributed by atoms with E-state index in [2.05, 4.69) is 0 Å². The normalized spacial score (nSPS) is 35.9. The lowest BCUT2D eigenvalue weighted by Crippen LogP contribution is -2.34. The molecule has 1 aromatic rings. The highest BCUT2D eigenvalue weighted by Crippen LogP contribution is 2.63. The molecule has 3 N–H and O–H groups in total. The number of hydrogen-bond donors (Lipinski definition) is 3. The zero-order valence-electron chi connectivity index (χ0n) is 11.4. The number of benzene rings is 1. The number of fused-ring (bicyclic) bond motifs is 1. The minimum absolute atomic E-state index is 0.427. The Morgan fingerprint density at radius 3 is 2.41 bits per heavy atom. The van der Waals surface area contributed by atoms with Crippen molar-refractivity contribution in [3.8, 4) is 0 Å². The van der Waals surface area contributed by atoms with E-state index in [1.54, 1.807) is 12.1 Å². The maximum absolute atomic E-state index is 11.5. The predicted molar refractivity (Wildman–Crippen MR) is 80.9 cm³/mol. The lowest BCUT2D eigenvalue weighted by molar-refractivity contribution is -0.146. The fourth-order valence-electron chi connectivity index (χ4n) is 3.67. The minimum atomic E-state index is -1.02. The van der Waals surface area contributed by atoms with Crippen molar-refractivity contribution in [3.05, 3.63) is 29.3 Å². The predicted octanol–water partition coefficient (Wildman–Crippen LogP) is 2.07. The van der Waals surface area contributed by atoms with Crippen molar-refractivity contribution in [3.63, 3.8) is 0 Å². The van der Waals surface area contributed by atoms with Crippen LogP contribution in [0.3, 0.4) is 0 Å². The monoisotopic (exact) mass is 342 g/mol. The molecule has 118 valence electrons. The smallest absolute Gasteiger partial charge is 0.307 e. The van der Waals surface area contributed by atoms with E-state index >= 15 is 0 Å². The first kappa shape index (κ1) is 15.6. The maximum Gasteiger partial charge on any atom is 0.307 e. The highest BCUT2D eigenvalue weighted by Gasteiger charge is 2.71. The third-order valence-corrected chi connectivity index (χ3v) is 6.02. The Labute approximate surface area is 136 Å². The fraction of sp³-hybridized carbons (Fsp3) is 0.467. The van der Waals surface area contributed by atoms with E-state index < -0.39 is 47.6 Å². The van der Waals surface area contributed by atoms with Gasteiger partial charge in [0.25, 0.3) is 0 Å². The molecule has 6 atom stereocenters. The molecule has 0 heterocycles. The Kier molecular flexibility index (Phi) is 4.09. The van der Waals surface area contributed by atoms with Crippen LogP contribution in [0.15, 0.2) is 29.2 Å². The first-order valence-corrected chi connectivity index (χ1v) is 8.30. The summed E-state index contributed by atoms with van der Waals surface area (Å²) in [6, 6.07) is 7.21. The molecule has 5 nitrogen and oxygen atoms in total. The number of aliphatic carboxylic acids is 2. The average molecular weight is 343 g/mol. The number of halogens is 1. The summed E-state index contributed by atoms with van der Waals surface area (Å²) >= 11 is 7.34. The first-order chi connectivity index (χ1) is 10.4. The zero-order valence-corrected chi connectivity index (χ0v) is 13.0. The third-order valence-electron chi connectivity index (χ3n) is 4.65. The maximum atomic E-state index is 11.5. The molecule has 2 aliphatic rings. The minimum Gasteiger partial charge on any atom is -0.481 e. The van der Waals surface area contributed by atoms with E-state index in [0.29, 0.717) is 10.8 Å². The number of hydrogen-bond acceptors (Lipinski definition) is 4. The van der Waals surface area contributed by atoms with Gasteiger partial charge in [0.2, 0.25) is 0 Å². The molecule has 2 saturated carbocycles. The van der Waals surface area contributed by atoms with Gasteiger partial charge in [-0.15, -0.1) is 11.8 Å². The average Bonchev–Trinajstić information content (AvgIpc) is 3.10. The highest BCUT2D eigenvalue weighted by molar-refractivity contribution is 7.99. The van der Waals surface area contributed by atoms with Gasteiger partial charge in [-0.3, -0.25) is 9.59 Å². The summed E-state index contributed by atoms with van der Waals surface area (Å²) in [7, 11) is 0. The number of aliphatic hydroxyl groups excluding tert-OH is 1. The van der Waals surface area contributed by atoms with Crippen LogP contribution in [0.5, 0.6) is 0 Å². The third kappa shape index (κ3) is 2.59. The van der Waals surface area contributed by atoms with Gasteiger partial charge in [-0.2, -0.15) is 0 Å². The van der Waals surface area contributed by atoms with Crippen molar-refractivity contribution in [2.24, 2.45) is 29.6 Å². The zero-order chi connectivity index (χ0) is 16.0. The molecule has 0 bridgehead atoms. The summed E-state index contributed by atoms with van der Waals surface area (Å²) < 4.78 is 0. The first-order valence-electron chi connectivity index (χ1n) is 6.94. The second-order valence-corrected chi connectivity index (χ2v) is 7.34. The summed E-state index contributed by atoms with van der Waals surface area (Å²) in [6.07, 6.45) is -0.876. The van der Waals surface area contributed by atoms with E-state index in [0.717, 1.165) is 4.90 Å². The molecule has 0 amide bonds. The Balaban J connectivity index is 1.71. The van der Waals surface area contributed by atoms with Crippen LogP contribution in [0.1, 0.15) is 0 Å². The second kappa shape index (κ2) is 5.76. The molecule has 0 radical (unpaired) electrons. The number of carboxylic acid groups (broad SMARTS) is 2. The summed E-state index contributed by atoms with van der Waals surface area (Å²) in [5.74, 6) is -4.44. The molecule has 0 saturated heterocycles. The molecule has 3 rings (SSSR count). The van der Waals surface area contributed by atoms with Crippen molar-refractivity contribution < 1.29 is 24.9 Å². The number of carbonyl (C=O) groups is 2. The van der Waals surface area contributed by atoms with Crippen LogP contribution in [0.2, 0.25) is 5.02 Å². The number of aliphatic hydroxyl groups is 1. The van der Waals surface area contributed by atoms with Crippen LogP contribution in [0.25, 0.3) is 0 Å². The van der Waals surface area contributed by atoms with Crippen LogP contribution in [-0.2, 0) is 9.59 Å². The number of thioether (sulfide) groups is 1. The van der Waals surface area contributed by atoms with Crippen LogP contribution in [0, 0.1) is 29.6 Å². The van der Waals surface area contributed by atoms with Crippen molar-refractivity contribution in [1.82, 2.24) is 0 Å². The van der Waals surface area contributed by atoms with Gasteiger partial charge < -0.3 is 15.3 Å². The molecule has 6 unspecified atom stereocenters. The van der Waals surface area contributed by atoms with Crippen LogP contribution in [-0.4, -0.2) is 39.1 Å². The van der Waals surface area contributed by atoms with Gasteiger partial charge in [0.1, 0.15) is 0 Å². The Morgan fingerprint density at radius 1 is 1.14 bits per heavy atom. The summed E-state index contributed by atoms with van der Waals surface area (Å²) in [4.78, 5) is 23.5. The molecule has 0 aromatic heterocycles. The van der Waals surface area contributed by atoms with Crippen molar-refractivity contribution in [1.29, 1.82) is 0 Å². The second-order valence-electron chi connectivity index (χ2n) is 5.81. The SMILES string of the molecule is O=C(O)C1C(CSc2cccc(Cl)c2)C(O)C2C(C(=O)O)C12. The molecule has 22 heavy (non-hydrogen) atoms. The van der Waals surface area contributed by atoms with Crippen molar-refractivity contribution >= 4 is 35.3 Å². The van der Waals surface area contributed by atoms with E-state index in [1.165, 1.54) is 11.8 Å². The number of carboxylic acids is 2. The standard InChI is InChI=1S/C15H15ClO5S/c16-6-2-1-3-7(4-6)22-5-8-9(14(18)19)10-11(13(8)17)12(10)15(20)21/h1-4,8-13,17H,5H2,(H,18,19)(H,20,21). The molecule has 0 spiro atoms. The molecule has 0 aliphatic heterocycles. The lowest BCUT2D eigenvalue weighted by atomic mass is 9.88.